The number of amides is 2. The molecule has 0 aromatic heterocycles. The second-order valence-corrected chi connectivity index (χ2v) is 9.88. The van der Waals surface area contributed by atoms with Gasteiger partial charge in [0.1, 0.15) is 5.75 Å². The standard InChI is InChI=1S/C31H32N2O5/c1-21(9-8-14-29(35)32-19-23-11-7-6-10-22(23)17-25(32)20-34)31(37)27-18-26(38-2)15-16-28(27)33(30(31)36)24-12-4-3-5-13-24/h3-13,15-16,18,21,25,34,37H,14,17,19-20H2,1-2H3/b9-8+/t21-,25-,31+/m0/s1. The first-order valence-electron chi connectivity index (χ1n) is 12.8. The Morgan fingerprint density at radius 2 is 1.82 bits per heavy atom. The van der Waals surface area contributed by atoms with Gasteiger partial charge < -0.3 is 19.8 Å². The van der Waals surface area contributed by atoms with Gasteiger partial charge in [-0.1, -0.05) is 61.5 Å². The summed E-state index contributed by atoms with van der Waals surface area (Å²) in [5.74, 6) is -0.655. The molecular formula is C31H32N2O5. The number of anilines is 2. The maximum atomic E-state index is 13.8. The largest absolute Gasteiger partial charge is 0.497 e. The maximum Gasteiger partial charge on any atom is 0.268 e. The number of fused-ring (bicyclic) bond motifs is 2. The van der Waals surface area contributed by atoms with Gasteiger partial charge in [-0.15, -0.1) is 0 Å². The summed E-state index contributed by atoms with van der Waals surface area (Å²) >= 11 is 0. The molecule has 196 valence electrons. The van der Waals surface area contributed by atoms with Crippen molar-refractivity contribution >= 4 is 23.2 Å². The molecule has 2 aliphatic rings. The van der Waals surface area contributed by atoms with Crippen molar-refractivity contribution in [1.29, 1.82) is 0 Å². The van der Waals surface area contributed by atoms with Crippen LogP contribution in [0.25, 0.3) is 0 Å². The minimum absolute atomic E-state index is 0.0979. The molecule has 3 aromatic carbocycles. The number of methoxy groups -OCH3 is 1. The Kier molecular flexibility index (Phi) is 7.06. The van der Waals surface area contributed by atoms with Gasteiger partial charge in [0.05, 0.1) is 25.4 Å². The first-order valence-corrected chi connectivity index (χ1v) is 12.8. The molecule has 0 fully saturated rings. The number of para-hydroxylation sites is 1. The van der Waals surface area contributed by atoms with E-state index in [1.165, 1.54) is 4.90 Å². The van der Waals surface area contributed by atoms with E-state index in [2.05, 4.69) is 0 Å². The summed E-state index contributed by atoms with van der Waals surface area (Å²) in [5.41, 5.74) is 2.11. The van der Waals surface area contributed by atoms with E-state index in [0.29, 0.717) is 35.7 Å². The first-order chi connectivity index (χ1) is 18.4. The zero-order valence-corrected chi connectivity index (χ0v) is 21.6. The van der Waals surface area contributed by atoms with Crippen LogP contribution in [0.3, 0.4) is 0 Å². The predicted molar refractivity (Wildman–Crippen MR) is 145 cm³/mol. The average Bonchev–Trinajstić information content (AvgIpc) is 3.18. The Morgan fingerprint density at radius 1 is 1.11 bits per heavy atom. The fourth-order valence-corrected chi connectivity index (χ4v) is 5.48. The van der Waals surface area contributed by atoms with E-state index in [1.807, 2.05) is 54.6 Å². The van der Waals surface area contributed by atoms with Crippen LogP contribution in [0.4, 0.5) is 11.4 Å². The van der Waals surface area contributed by atoms with Crippen LogP contribution in [0.5, 0.6) is 5.75 Å². The summed E-state index contributed by atoms with van der Waals surface area (Å²) in [4.78, 5) is 30.2. The van der Waals surface area contributed by atoms with E-state index in [-0.39, 0.29) is 25.0 Å². The Labute approximate surface area is 222 Å². The Morgan fingerprint density at radius 3 is 2.53 bits per heavy atom. The molecule has 5 rings (SSSR count). The highest BCUT2D eigenvalue weighted by Crippen LogP contribution is 2.49. The van der Waals surface area contributed by atoms with Gasteiger partial charge in [0.25, 0.3) is 5.91 Å². The number of ether oxygens (including phenoxy) is 1. The predicted octanol–water partition coefficient (Wildman–Crippen LogP) is 4.09. The summed E-state index contributed by atoms with van der Waals surface area (Å²) in [6, 6.07) is 22.1. The molecule has 0 aliphatic carbocycles. The van der Waals surface area contributed by atoms with Crippen LogP contribution >= 0.6 is 0 Å². The van der Waals surface area contributed by atoms with Crippen molar-refractivity contribution < 1.29 is 24.5 Å². The number of aliphatic hydroxyl groups excluding tert-OH is 1. The number of benzene rings is 3. The van der Waals surface area contributed by atoms with Crippen molar-refractivity contribution in [3.8, 4) is 5.75 Å². The third-order valence-electron chi connectivity index (χ3n) is 7.66. The smallest absolute Gasteiger partial charge is 0.268 e. The summed E-state index contributed by atoms with van der Waals surface area (Å²) in [6.07, 6.45) is 4.14. The second-order valence-electron chi connectivity index (χ2n) is 9.88. The maximum absolute atomic E-state index is 13.8. The van der Waals surface area contributed by atoms with Crippen LogP contribution in [0, 0.1) is 5.92 Å². The molecule has 0 saturated carbocycles. The van der Waals surface area contributed by atoms with Gasteiger partial charge in [-0.05, 0) is 47.9 Å². The SMILES string of the molecule is COc1ccc2c(c1)[C@](O)([C@@H](C)/C=C/CC(=O)N1Cc3ccccc3C[C@H]1CO)C(=O)N2c1ccccc1. The van der Waals surface area contributed by atoms with Gasteiger partial charge in [0.2, 0.25) is 5.91 Å². The molecular weight excluding hydrogens is 480 g/mol. The topological polar surface area (TPSA) is 90.3 Å². The number of rotatable bonds is 7. The number of nitrogens with zero attached hydrogens (tertiary/aromatic N) is 2. The summed E-state index contributed by atoms with van der Waals surface area (Å²) in [6.45, 7) is 2.11. The zero-order chi connectivity index (χ0) is 26.9. The van der Waals surface area contributed by atoms with Crippen molar-refractivity contribution in [2.75, 3.05) is 18.6 Å². The molecule has 2 heterocycles. The molecule has 7 heteroatoms. The van der Waals surface area contributed by atoms with Crippen molar-refractivity contribution in [2.24, 2.45) is 5.92 Å². The van der Waals surface area contributed by atoms with Crippen molar-refractivity contribution in [3.05, 3.63) is 102 Å². The fraction of sp³-hybridized carbons (Fsp3) is 0.290. The van der Waals surface area contributed by atoms with Gasteiger partial charge >= 0.3 is 0 Å². The Bertz CT molecular complexity index is 1370. The van der Waals surface area contributed by atoms with Crippen LogP contribution in [0.2, 0.25) is 0 Å². The Hall–Kier alpha value is -3.94. The molecule has 7 nitrogen and oxygen atoms in total. The highest BCUT2D eigenvalue weighted by Gasteiger charge is 2.53. The van der Waals surface area contributed by atoms with E-state index >= 15 is 0 Å². The van der Waals surface area contributed by atoms with Crippen LogP contribution < -0.4 is 9.64 Å². The van der Waals surface area contributed by atoms with Crippen LogP contribution in [0.15, 0.2) is 84.9 Å². The van der Waals surface area contributed by atoms with E-state index in [4.69, 9.17) is 4.74 Å². The molecule has 3 aromatic rings. The molecule has 3 atom stereocenters. The van der Waals surface area contributed by atoms with Gasteiger partial charge in [0.15, 0.2) is 5.60 Å². The third kappa shape index (κ3) is 4.38. The molecule has 38 heavy (non-hydrogen) atoms. The van der Waals surface area contributed by atoms with Gasteiger partial charge in [0, 0.05) is 30.1 Å². The summed E-state index contributed by atoms with van der Waals surface area (Å²) < 4.78 is 5.38. The highest BCUT2D eigenvalue weighted by molar-refractivity contribution is 6.12. The van der Waals surface area contributed by atoms with Crippen molar-refractivity contribution in [1.82, 2.24) is 4.90 Å². The van der Waals surface area contributed by atoms with Gasteiger partial charge in [-0.2, -0.15) is 0 Å². The summed E-state index contributed by atoms with van der Waals surface area (Å²) in [5, 5.41) is 21.8. The molecule has 0 saturated heterocycles. The van der Waals surface area contributed by atoms with E-state index < -0.39 is 17.4 Å². The lowest BCUT2D eigenvalue weighted by atomic mass is 9.82. The number of hydrogen-bond donors (Lipinski definition) is 2. The molecule has 0 radical (unpaired) electrons. The molecule has 2 N–H and O–H groups in total. The zero-order valence-electron chi connectivity index (χ0n) is 21.6. The lowest BCUT2D eigenvalue weighted by Crippen LogP contribution is -2.46. The molecule has 2 aliphatic heterocycles. The molecule has 0 unspecified atom stereocenters. The third-order valence-corrected chi connectivity index (χ3v) is 7.66. The van der Waals surface area contributed by atoms with Gasteiger partial charge in [-0.3, -0.25) is 14.5 Å². The van der Waals surface area contributed by atoms with Crippen molar-refractivity contribution in [2.45, 2.75) is 38.0 Å². The number of carbonyl (C=O) groups is 2. The average molecular weight is 513 g/mol. The quantitative estimate of drug-likeness (QED) is 0.466. The number of aliphatic hydroxyl groups is 2. The van der Waals surface area contributed by atoms with Crippen LogP contribution in [0.1, 0.15) is 30.0 Å². The molecule has 2 amide bonds. The Balaban J connectivity index is 1.38. The number of hydrogen-bond acceptors (Lipinski definition) is 5. The van der Waals surface area contributed by atoms with E-state index in [1.54, 1.807) is 49.3 Å². The lowest BCUT2D eigenvalue weighted by molar-refractivity contribution is -0.138. The normalized spacial score (nSPS) is 21.4. The lowest BCUT2D eigenvalue weighted by Gasteiger charge is -2.36. The highest BCUT2D eigenvalue weighted by atomic mass is 16.5. The molecule has 0 spiro atoms. The van der Waals surface area contributed by atoms with E-state index in [9.17, 15) is 19.8 Å². The van der Waals surface area contributed by atoms with Crippen molar-refractivity contribution in [3.63, 3.8) is 0 Å². The summed E-state index contributed by atoms with van der Waals surface area (Å²) in [7, 11) is 1.54. The number of carbonyl (C=O) groups excluding carboxylic acids is 2. The van der Waals surface area contributed by atoms with Gasteiger partial charge in [-0.25, -0.2) is 0 Å². The molecule has 0 bridgehead atoms. The second kappa shape index (κ2) is 10.4. The minimum Gasteiger partial charge on any atom is -0.497 e. The monoisotopic (exact) mass is 512 g/mol. The van der Waals surface area contributed by atoms with Crippen LogP contribution in [-0.2, 0) is 28.2 Å². The first kappa shape index (κ1) is 25.7. The fourth-order valence-electron chi connectivity index (χ4n) is 5.48. The van der Waals surface area contributed by atoms with Crippen LogP contribution in [-0.4, -0.2) is 46.7 Å². The minimum atomic E-state index is -1.84. The van der Waals surface area contributed by atoms with E-state index in [0.717, 1.165) is 11.1 Å².